The van der Waals surface area contributed by atoms with E-state index < -0.39 is 11.7 Å². The van der Waals surface area contributed by atoms with Crippen LogP contribution in [-0.4, -0.2) is 41.2 Å². The maximum atomic E-state index is 12.8. The van der Waals surface area contributed by atoms with Crippen molar-refractivity contribution in [3.63, 3.8) is 0 Å². The Morgan fingerprint density at radius 2 is 1.79 bits per heavy atom. The first-order valence-corrected chi connectivity index (χ1v) is 11.2. The zero-order valence-corrected chi connectivity index (χ0v) is 19.1. The molecule has 174 valence electrons. The summed E-state index contributed by atoms with van der Waals surface area (Å²) in [6.07, 6.45) is -2.57. The van der Waals surface area contributed by atoms with Gasteiger partial charge in [0.15, 0.2) is 0 Å². The normalized spacial score (nSPS) is 18.9. The highest BCUT2D eigenvalue weighted by molar-refractivity contribution is 7.17. The first-order chi connectivity index (χ1) is 15.6. The first-order valence-electron chi connectivity index (χ1n) is 10.4. The molecule has 1 fully saturated rings. The fraction of sp³-hybridized carbons (Fsp3) is 0.348. The molecule has 1 aliphatic rings. The monoisotopic (exact) mass is 476 g/mol. The van der Waals surface area contributed by atoms with Crippen LogP contribution in [-0.2, 0) is 10.9 Å². The molecule has 1 aliphatic heterocycles. The summed E-state index contributed by atoms with van der Waals surface area (Å²) in [4.78, 5) is 24.2. The van der Waals surface area contributed by atoms with E-state index >= 15 is 0 Å². The van der Waals surface area contributed by atoms with Gasteiger partial charge in [-0.2, -0.15) is 13.2 Å². The average molecular weight is 477 g/mol. The van der Waals surface area contributed by atoms with E-state index in [0.717, 1.165) is 42.4 Å². The van der Waals surface area contributed by atoms with Crippen molar-refractivity contribution in [2.24, 2.45) is 0 Å². The third-order valence-electron chi connectivity index (χ3n) is 5.21. The molecule has 2 unspecified atom stereocenters. The molecule has 2 aromatic heterocycles. The van der Waals surface area contributed by atoms with Gasteiger partial charge < -0.3 is 15.0 Å². The van der Waals surface area contributed by atoms with Crippen LogP contribution >= 0.6 is 11.3 Å². The predicted molar refractivity (Wildman–Crippen MR) is 122 cm³/mol. The molecule has 0 radical (unpaired) electrons. The number of amides is 1. The maximum absolute atomic E-state index is 12.8. The van der Waals surface area contributed by atoms with E-state index in [-0.39, 0.29) is 18.1 Å². The summed E-state index contributed by atoms with van der Waals surface area (Å²) in [6, 6.07) is 8.38. The van der Waals surface area contributed by atoms with Crippen LogP contribution in [0.1, 0.15) is 34.8 Å². The third-order valence-corrected chi connectivity index (χ3v) is 6.42. The van der Waals surface area contributed by atoms with Gasteiger partial charge in [-0.3, -0.25) is 4.79 Å². The van der Waals surface area contributed by atoms with Gasteiger partial charge in [0, 0.05) is 18.7 Å². The Labute approximate surface area is 193 Å². The lowest BCUT2D eigenvalue weighted by Crippen LogP contribution is -2.45. The Bertz CT molecular complexity index is 1120. The second-order valence-electron chi connectivity index (χ2n) is 8.03. The summed E-state index contributed by atoms with van der Waals surface area (Å²) >= 11 is 1.13. The number of benzene rings is 1. The number of morpholine rings is 1. The molecular formula is C23H23F3N4O2S. The molecule has 6 nitrogen and oxygen atoms in total. The highest BCUT2D eigenvalue weighted by Gasteiger charge is 2.30. The van der Waals surface area contributed by atoms with E-state index in [0.29, 0.717) is 26.8 Å². The second kappa shape index (κ2) is 9.11. The Morgan fingerprint density at radius 1 is 1.12 bits per heavy atom. The van der Waals surface area contributed by atoms with Crippen molar-refractivity contribution in [1.82, 2.24) is 9.97 Å². The molecule has 1 aromatic carbocycles. The first kappa shape index (κ1) is 23.2. The number of carbonyl (C=O) groups is 1. The largest absolute Gasteiger partial charge is 0.416 e. The Balaban J connectivity index is 1.45. The van der Waals surface area contributed by atoms with E-state index in [1.54, 1.807) is 19.2 Å². The number of halogens is 3. The van der Waals surface area contributed by atoms with Crippen molar-refractivity contribution in [3.05, 3.63) is 58.7 Å². The van der Waals surface area contributed by atoms with Crippen molar-refractivity contribution in [2.45, 2.75) is 39.2 Å². The molecule has 0 saturated carbocycles. The molecule has 10 heteroatoms. The van der Waals surface area contributed by atoms with Gasteiger partial charge in [0.25, 0.3) is 5.91 Å². The number of pyridine rings is 1. The summed E-state index contributed by atoms with van der Waals surface area (Å²) in [5.41, 5.74) is 0.847. The molecule has 1 amide bonds. The quantitative estimate of drug-likeness (QED) is 0.546. The number of nitrogens with zero attached hydrogens (tertiary/aromatic N) is 3. The molecular weight excluding hydrogens is 453 g/mol. The number of hydrogen-bond acceptors (Lipinski definition) is 6. The molecule has 1 N–H and O–H groups in total. The third kappa shape index (κ3) is 5.33. The summed E-state index contributed by atoms with van der Waals surface area (Å²) in [5.74, 6) is 0.472. The Morgan fingerprint density at radius 3 is 2.36 bits per heavy atom. The van der Waals surface area contributed by atoms with Gasteiger partial charge in [-0.15, -0.1) is 11.3 Å². The van der Waals surface area contributed by atoms with Crippen LogP contribution < -0.4 is 10.2 Å². The van der Waals surface area contributed by atoms with E-state index in [9.17, 15) is 18.0 Å². The standard InChI is InChI=1S/C23H23F3N4O2S/c1-13-11-30(12-14(2)32-13)19-9-8-18(10-27-19)29-21(31)20-15(3)28-22(33-20)16-4-6-17(7-5-16)23(24,25)26/h4-10,13-14H,11-12H2,1-3H3,(H,29,31). The topological polar surface area (TPSA) is 67.4 Å². The minimum atomic E-state index is -4.40. The van der Waals surface area contributed by atoms with Crippen molar-refractivity contribution < 1.29 is 22.7 Å². The highest BCUT2D eigenvalue weighted by atomic mass is 32.1. The van der Waals surface area contributed by atoms with Crippen molar-refractivity contribution in [2.75, 3.05) is 23.3 Å². The molecule has 4 rings (SSSR count). The second-order valence-corrected chi connectivity index (χ2v) is 9.03. The van der Waals surface area contributed by atoms with Gasteiger partial charge in [-0.05, 0) is 45.0 Å². The molecule has 3 aromatic rings. The number of carbonyl (C=O) groups excluding carboxylic acids is 1. The van der Waals surface area contributed by atoms with Crippen LogP contribution in [0.15, 0.2) is 42.6 Å². The van der Waals surface area contributed by atoms with Crippen LogP contribution in [0.2, 0.25) is 0 Å². The molecule has 1 saturated heterocycles. The molecule has 0 aliphatic carbocycles. The number of nitrogens with one attached hydrogen (secondary N) is 1. The van der Waals surface area contributed by atoms with E-state index in [2.05, 4.69) is 20.2 Å². The van der Waals surface area contributed by atoms with Crippen molar-refractivity contribution in [3.8, 4) is 10.6 Å². The summed E-state index contributed by atoms with van der Waals surface area (Å²) in [7, 11) is 0. The SMILES string of the molecule is Cc1nc(-c2ccc(C(F)(F)F)cc2)sc1C(=O)Nc1ccc(N2CC(C)OC(C)C2)nc1. The summed E-state index contributed by atoms with van der Waals surface area (Å²) in [6.45, 7) is 7.23. The van der Waals surface area contributed by atoms with Crippen molar-refractivity contribution >= 4 is 28.7 Å². The number of aromatic nitrogens is 2. The number of rotatable bonds is 4. The Kier molecular flexibility index (Phi) is 6.40. The lowest BCUT2D eigenvalue weighted by atomic mass is 10.1. The smallest absolute Gasteiger partial charge is 0.372 e. The predicted octanol–water partition coefficient (Wildman–Crippen LogP) is 5.40. The Hall–Kier alpha value is -2.98. The van der Waals surface area contributed by atoms with Gasteiger partial charge >= 0.3 is 6.18 Å². The number of anilines is 2. The van der Waals surface area contributed by atoms with Gasteiger partial charge in [0.1, 0.15) is 15.7 Å². The van der Waals surface area contributed by atoms with Crippen LogP contribution in [0, 0.1) is 6.92 Å². The minimum absolute atomic E-state index is 0.114. The lowest BCUT2D eigenvalue weighted by molar-refractivity contribution is -0.137. The molecule has 0 bridgehead atoms. The number of alkyl halides is 3. The number of ether oxygens (including phenoxy) is 1. The zero-order valence-electron chi connectivity index (χ0n) is 18.3. The van der Waals surface area contributed by atoms with Gasteiger partial charge in [-0.25, -0.2) is 9.97 Å². The fourth-order valence-electron chi connectivity index (χ4n) is 3.73. The van der Waals surface area contributed by atoms with E-state index in [1.165, 1.54) is 12.1 Å². The van der Waals surface area contributed by atoms with Crippen LogP contribution in [0.3, 0.4) is 0 Å². The average Bonchev–Trinajstić information content (AvgIpc) is 3.15. The highest BCUT2D eigenvalue weighted by Crippen LogP contribution is 2.33. The number of aryl methyl sites for hydroxylation is 1. The lowest BCUT2D eigenvalue weighted by Gasteiger charge is -2.36. The molecule has 0 spiro atoms. The summed E-state index contributed by atoms with van der Waals surface area (Å²) in [5, 5.41) is 3.30. The maximum Gasteiger partial charge on any atom is 0.416 e. The molecule has 33 heavy (non-hydrogen) atoms. The number of thiazole rings is 1. The van der Waals surface area contributed by atoms with E-state index in [4.69, 9.17) is 4.74 Å². The van der Waals surface area contributed by atoms with Crippen molar-refractivity contribution in [1.29, 1.82) is 0 Å². The molecule has 2 atom stereocenters. The van der Waals surface area contributed by atoms with E-state index in [1.807, 2.05) is 19.9 Å². The molecule has 3 heterocycles. The van der Waals surface area contributed by atoms with Gasteiger partial charge in [-0.1, -0.05) is 12.1 Å². The van der Waals surface area contributed by atoms with Gasteiger partial charge in [0.05, 0.1) is 35.3 Å². The van der Waals surface area contributed by atoms with Crippen LogP contribution in [0.25, 0.3) is 10.6 Å². The summed E-state index contributed by atoms with van der Waals surface area (Å²) < 4.78 is 44.1. The zero-order chi connectivity index (χ0) is 23.8. The van der Waals surface area contributed by atoms with Gasteiger partial charge in [0.2, 0.25) is 0 Å². The number of hydrogen-bond donors (Lipinski definition) is 1. The van der Waals surface area contributed by atoms with Crippen LogP contribution in [0.4, 0.5) is 24.7 Å². The van der Waals surface area contributed by atoms with Crippen LogP contribution in [0.5, 0.6) is 0 Å². The fourth-order valence-corrected chi connectivity index (χ4v) is 4.70. The minimum Gasteiger partial charge on any atom is -0.372 e.